The van der Waals surface area contributed by atoms with Crippen LogP contribution < -0.4 is 0 Å². The maximum atomic E-state index is 12.1. The van der Waals surface area contributed by atoms with Gasteiger partial charge in [0.05, 0.1) is 12.7 Å². The SMILES string of the molecule is Cc1nnc2sc(CCC(=O)N3CCOC(C)C3)nn12. The van der Waals surface area contributed by atoms with Crippen LogP contribution in [0.4, 0.5) is 0 Å². The van der Waals surface area contributed by atoms with Crippen LogP contribution in [0.5, 0.6) is 0 Å². The highest BCUT2D eigenvalue weighted by Crippen LogP contribution is 2.16. The zero-order valence-electron chi connectivity index (χ0n) is 11.6. The molecule has 0 aromatic carbocycles. The minimum Gasteiger partial charge on any atom is -0.375 e. The summed E-state index contributed by atoms with van der Waals surface area (Å²) in [5.41, 5.74) is 0. The molecular weight excluding hydrogens is 278 g/mol. The van der Waals surface area contributed by atoms with Crippen molar-refractivity contribution >= 4 is 22.2 Å². The number of carbonyl (C=O) groups excluding carboxylic acids is 1. The molecule has 1 saturated heterocycles. The summed E-state index contributed by atoms with van der Waals surface area (Å²) >= 11 is 1.49. The van der Waals surface area contributed by atoms with Gasteiger partial charge in [-0.3, -0.25) is 4.79 Å². The minimum absolute atomic E-state index is 0.129. The molecular formula is C12H17N5O2S. The van der Waals surface area contributed by atoms with Gasteiger partial charge in [0.15, 0.2) is 5.82 Å². The molecule has 1 unspecified atom stereocenters. The summed E-state index contributed by atoms with van der Waals surface area (Å²) in [6, 6.07) is 0. The third kappa shape index (κ3) is 2.66. The number of ether oxygens (including phenoxy) is 1. The maximum absolute atomic E-state index is 12.1. The zero-order valence-corrected chi connectivity index (χ0v) is 12.4. The fourth-order valence-electron chi connectivity index (χ4n) is 2.27. The van der Waals surface area contributed by atoms with Gasteiger partial charge in [0.1, 0.15) is 5.01 Å². The van der Waals surface area contributed by atoms with E-state index in [0.717, 1.165) is 15.8 Å². The number of rotatable bonds is 3. The van der Waals surface area contributed by atoms with Crippen molar-refractivity contribution in [3.63, 3.8) is 0 Å². The van der Waals surface area contributed by atoms with Gasteiger partial charge in [-0.1, -0.05) is 11.3 Å². The number of aromatic nitrogens is 4. The number of hydrogen-bond acceptors (Lipinski definition) is 6. The van der Waals surface area contributed by atoms with E-state index in [2.05, 4.69) is 15.3 Å². The molecule has 8 heteroatoms. The van der Waals surface area contributed by atoms with Crippen LogP contribution in [0.2, 0.25) is 0 Å². The third-order valence-corrected chi connectivity index (χ3v) is 4.29. The van der Waals surface area contributed by atoms with Crippen molar-refractivity contribution in [2.45, 2.75) is 32.8 Å². The van der Waals surface area contributed by atoms with Gasteiger partial charge >= 0.3 is 0 Å². The lowest BCUT2D eigenvalue weighted by Gasteiger charge is -2.31. The largest absolute Gasteiger partial charge is 0.375 e. The van der Waals surface area contributed by atoms with Crippen molar-refractivity contribution in [3.05, 3.63) is 10.8 Å². The zero-order chi connectivity index (χ0) is 14.1. The number of nitrogens with zero attached hydrogens (tertiary/aromatic N) is 5. The molecule has 0 saturated carbocycles. The topological polar surface area (TPSA) is 72.6 Å². The number of fused-ring (bicyclic) bond motifs is 1. The van der Waals surface area contributed by atoms with Gasteiger partial charge in [0, 0.05) is 25.9 Å². The second kappa shape index (κ2) is 5.45. The maximum Gasteiger partial charge on any atom is 0.234 e. The lowest BCUT2D eigenvalue weighted by molar-refractivity contribution is -0.138. The quantitative estimate of drug-likeness (QED) is 0.832. The Kier molecular flexibility index (Phi) is 3.66. The summed E-state index contributed by atoms with van der Waals surface area (Å²) in [5.74, 6) is 0.943. The number of carbonyl (C=O) groups is 1. The average Bonchev–Trinajstić information content (AvgIpc) is 2.98. The van der Waals surface area contributed by atoms with E-state index in [4.69, 9.17) is 4.74 Å². The highest BCUT2D eigenvalue weighted by Gasteiger charge is 2.21. The predicted molar refractivity (Wildman–Crippen MR) is 73.7 cm³/mol. The number of hydrogen-bond donors (Lipinski definition) is 0. The minimum atomic E-state index is 0.129. The predicted octanol–water partition coefficient (Wildman–Crippen LogP) is 0.674. The second-order valence-corrected chi connectivity index (χ2v) is 6.00. The molecule has 0 bridgehead atoms. The van der Waals surface area contributed by atoms with E-state index in [0.29, 0.717) is 32.5 Å². The molecule has 1 aliphatic heterocycles. The van der Waals surface area contributed by atoms with E-state index in [1.165, 1.54) is 11.3 Å². The highest BCUT2D eigenvalue weighted by molar-refractivity contribution is 7.16. The van der Waals surface area contributed by atoms with Crippen molar-refractivity contribution in [3.8, 4) is 0 Å². The fraction of sp³-hybridized carbons (Fsp3) is 0.667. The Morgan fingerprint density at radius 1 is 1.50 bits per heavy atom. The third-order valence-electron chi connectivity index (χ3n) is 3.34. The van der Waals surface area contributed by atoms with Crippen LogP contribution in [0.1, 0.15) is 24.2 Å². The molecule has 20 heavy (non-hydrogen) atoms. The van der Waals surface area contributed by atoms with Crippen molar-refractivity contribution in [2.24, 2.45) is 0 Å². The standard InChI is InChI=1S/C12H17N5O2S/c1-8-7-16(5-6-19-8)11(18)4-3-10-15-17-9(2)13-14-12(17)20-10/h8H,3-7H2,1-2H3. The Bertz CT molecular complexity index is 622. The van der Waals surface area contributed by atoms with Gasteiger partial charge in [-0.15, -0.1) is 10.2 Å². The van der Waals surface area contributed by atoms with Crippen LogP contribution in [-0.4, -0.2) is 56.4 Å². The van der Waals surface area contributed by atoms with Crippen molar-refractivity contribution in [2.75, 3.05) is 19.7 Å². The molecule has 3 heterocycles. The van der Waals surface area contributed by atoms with Crippen LogP contribution in [-0.2, 0) is 16.0 Å². The van der Waals surface area contributed by atoms with Crippen LogP contribution in [0.25, 0.3) is 4.96 Å². The smallest absolute Gasteiger partial charge is 0.234 e. The lowest BCUT2D eigenvalue weighted by Crippen LogP contribution is -2.44. The Morgan fingerprint density at radius 3 is 3.10 bits per heavy atom. The molecule has 0 N–H and O–H groups in total. The first kappa shape index (κ1) is 13.4. The van der Waals surface area contributed by atoms with Gasteiger partial charge in [0.25, 0.3) is 0 Å². The average molecular weight is 295 g/mol. The van der Waals surface area contributed by atoms with Gasteiger partial charge in [-0.25, -0.2) is 0 Å². The molecule has 1 atom stereocenters. The molecule has 0 radical (unpaired) electrons. The van der Waals surface area contributed by atoms with Gasteiger partial charge in [0.2, 0.25) is 10.9 Å². The van der Waals surface area contributed by atoms with Gasteiger partial charge in [-0.05, 0) is 13.8 Å². The molecule has 2 aromatic rings. The van der Waals surface area contributed by atoms with E-state index < -0.39 is 0 Å². The van der Waals surface area contributed by atoms with E-state index in [-0.39, 0.29) is 12.0 Å². The Morgan fingerprint density at radius 2 is 2.35 bits per heavy atom. The van der Waals surface area contributed by atoms with Crippen LogP contribution >= 0.6 is 11.3 Å². The Hall–Kier alpha value is -1.54. The van der Waals surface area contributed by atoms with Crippen molar-refractivity contribution < 1.29 is 9.53 Å². The fourth-order valence-corrected chi connectivity index (χ4v) is 3.15. The number of morpholine rings is 1. The second-order valence-electron chi connectivity index (χ2n) is 4.96. The first-order valence-electron chi connectivity index (χ1n) is 6.70. The molecule has 1 fully saturated rings. The lowest BCUT2D eigenvalue weighted by atomic mass is 10.2. The molecule has 1 amide bonds. The summed E-state index contributed by atoms with van der Waals surface area (Å²) < 4.78 is 7.16. The first-order valence-corrected chi connectivity index (χ1v) is 7.52. The molecule has 0 aliphatic carbocycles. The van der Waals surface area contributed by atoms with Gasteiger partial charge in [-0.2, -0.15) is 9.61 Å². The van der Waals surface area contributed by atoms with Crippen LogP contribution in [0.15, 0.2) is 0 Å². The highest BCUT2D eigenvalue weighted by atomic mass is 32.1. The van der Waals surface area contributed by atoms with E-state index in [9.17, 15) is 4.79 Å². The van der Waals surface area contributed by atoms with E-state index in [1.54, 1.807) is 4.52 Å². The summed E-state index contributed by atoms with van der Waals surface area (Å²) in [6.07, 6.45) is 1.26. The van der Waals surface area contributed by atoms with Gasteiger partial charge < -0.3 is 9.64 Å². The molecule has 7 nitrogen and oxygen atoms in total. The molecule has 1 aliphatic rings. The van der Waals surface area contributed by atoms with Crippen molar-refractivity contribution in [1.29, 1.82) is 0 Å². The first-order chi connectivity index (χ1) is 9.63. The van der Waals surface area contributed by atoms with Crippen LogP contribution in [0.3, 0.4) is 0 Å². The molecule has 108 valence electrons. The number of aryl methyl sites for hydroxylation is 2. The monoisotopic (exact) mass is 295 g/mol. The van der Waals surface area contributed by atoms with E-state index >= 15 is 0 Å². The Labute approximate surface area is 120 Å². The molecule has 0 spiro atoms. The summed E-state index contributed by atoms with van der Waals surface area (Å²) in [6.45, 7) is 5.86. The van der Waals surface area contributed by atoms with Crippen molar-refractivity contribution in [1.82, 2.24) is 24.7 Å². The Balaban J connectivity index is 1.59. The molecule has 3 rings (SSSR count). The number of amides is 1. The summed E-state index contributed by atoms with van der Waals surface area (Å²) in [5, 5.41) is 13.3. The normalized spacial score (nSPS) is 19.7. The summed E-state index contributed by atoms with van der Waals surface area (Å²) in [4.78, 5) is 14.8. The summed E-state index contributed by atoms with van der Waals surface area (Å²) in [7, 11) is 0. The molecule has 2 aromatic heterocycles. The van der Waals surface area contributed by atoms with E-state index in [1.807, 2.05) is 18.7 Å². The van der Waals surface area contributed by atoms with Crippen LogP contribution in [0, 0.1) is 6.92 Å².